The van der Waals surface area contributed by atoms with Gasteiger partial charge in [-0.05, 0) is 31.5 Å². The summed E-state index contributed by atoms with van der Waals surface area (Å²) in [5, 5.41) is 7.24. The monoisotopic (exact) mass is 283 g/mol. The van der Waals surface area contributed by atoms with E-state index in [1.54, 1.807) is 11.6 Å². The first-order valence-corrected chi connectivity index (χ1v) is 6.18. The van der Waals surface area contributed by atoms with Crippen LogP contribution in [0, 0.1) is 13.8 Å². The second-order valence-corrected chi connectivity index (χ2v) is 4.79. The van der Waals surface area contributed by atoms with Crippen molar-refractivity contribution < 1.29 is 13.2 Å². The summed E-state index contributed by atoms with van der Waals surface area (Å²) < 4.78 is 39.8. The highest BCUT2D eigenvalue weighted by Crippen LogP contribution is 2.32. The van der Waals surface area contributed by atoms with Gasteiger partial charge >= 0.3 is 6.18 Å². The molecule has 0 atom stereocenters. The summed E-state index contributed by atoms with van der Waals surface area (Å²) in [6.45, 7) is 4.09. The first-order valence-electron chi connectivity index (χ1n) is 6.18. The smallest absolute Gasteiger partial charge is 0.381 e. The SMILES string of the molecule is Cc1ccc(C(F)(F)F)cc1NCc1cn(C)nc1C. The molecule has 2 rings (SSSR count). The van der Waals surface area contributed by atoms with Crippen molar-refractivity contribution in [2.24, 2.45) is 7.05 Å². The molecule has 0 aliphatic rings. The van der Waals surface area contributed by atoms with E-state index in [0.717, 1.165) is 29.0 Å². The zero-order chi connectivity index (χ0) is 14.9. The van der Waals surface area contributed by atoms with Crippen LogP contribution < -0.4 is 5.32 Å². The van der Waals surface area contributed by atoms with Crippen molar-refractivity contribution in [2.75, 3.05) is 5.32 Å². The highest BCUT2D eigenvalue weighted by Gasteiger charge is 2.30. The van der Waals surface area contributed by atoms with E-state index in [4.69, 9.17) is 0 Å². The Morgan fingerprint density at radius 2 is 1.95 bits per heavy atom. The second-order valence-electron chi connectivity index (χ2n) is 4.79. The molecule has 0 amide bonds. The van der Waals surface area contributed by atoms with E-state index in [2.05, 4.69) is 10.4 Å². The van der Waals surface area contributed by atoms with Gasteiger partial charge in [-0.3, -0.25) is 4.68 Å². The molecule has 3 nitrogen and oxygen atoms in total. The van der Waals surface area contributed by atoms with Gasteiger partial charge in [-0.15, -0.1) is 0 Å². The van der Waals surface area contributed by atoms with E-state index in [9.17, 15) is 13.2 Å². The van der Waals surface area contributed by atoms with Gasteiger partial charge in [0.1, 0.15) is 0 Å². The number of aromatic nitrogens is 2. The van der Waals surface area contributed by atoms with Crippen molar-refractivity contribution in [3.8, 4) is 0 Å². The summed E-state index contributed by atoms with van der Waals surface area (Å²) in [7, 11) is 1.81. The van der Waals surface area contributed by atoms with Gasteiger partial charge in [-0.25, -0.2) is 0 Å². The van der Waals surface area contributed by atoms with E-state index in [-0.39, 0.29) is 0 Å². The average molecular weight is 283 g/mol. The molecule has 0 aliphatic heterocycles. The summed E-state index contributed by atoms with van der Waals surface area (Å²) in [5.41, 5.74) is 2.45. The molecule has 0 bridgehead atoms. The minimum atomic E-state index is -4.33. The van der Waals surface area contributed by atoms with Gasteiger partial charge in [-0.2, -0.15) is 18.3 Å². The number of halogens is 3. The average Bonchev–Trinajstić information content (AvgIpc) is 2.65. The molecule has 1 aromatic carbocycles. The maximum absolute atomic E-state index is 12.7. The minimum absolute atomic E-state index is 0.446. The Labute approximate surface area is 115 Å². The van der Waals surface area contributed by atoms with Crippen LogP contribution >= 0.6 is 0 Å². The van der Waals surface area contributed by atoms with E-state index in [1.165, 1.54) is 6.07 Å². The number of hydrogen-bond donors (Lipinski definition) is 1. The molecular formula is C14H16F3N3. The molecule has 1 heterocycles. The summed E-state index contributed by atoms with van der Waals surface area (Å²) >= 11 is 0. The molecule has 0 radical (unpaired) electrons. The van der Waals surface area contributed by atoms with E-state index in [0.29, 0.717) is 12.2 Å². The molecule has 1 N–H and O–H groups in total. The van der Waals surface area contributed by atoms with Crippen LogP contribution in [0.3, 0.4) is 0 Å². The third-order valence-corrected chi connectivity index (χ3v) is 3.15. The standard InChI is InChI=1S/C14H16F3N3/c1-9-4-5-12(14(15,16)17)6-13(9)18-7-11-8-20(3)19-10(11)2/h4-6,8,18H,7H2,1-3H3. The van der Waals surface area contributed by atoms with Gasteiger partial charge in [0.15, 0.2) is 0 Å². The molecular weight excluding hydrogens is 267 g/mol. The number of alkyl halides is 3. The number of aryl methyl sites for hydroxylation is 3. The fourth-order valence-electron chi connectivity index (χ4n) is 2.00. The molecule has 1 aromatic heterocycles. The minimum Gasteiger partial charge on any atom is -0.381 e. The number of hydrogen-bond acceptors (Lipinski definition) is 2. The molecule has 0 saturated heterocycles. The molecule has 108 valence electrons. The Balaban J connectivity index is 2.19. The Morgan fingerprint density at radius 3 is 2.50 bits per heavy atom. The van der Waals surface area contributed by atoms with Crippen molar-refractivity contribution in [1.29, 1.82) is 0 Å². The number of rotatable bonds is 3. The molecule has 0 aliphatic carbocycles. The van der Waals surface area contributed by atoms with Gasteiger partial charge in [0.25, 0.3) is 0 Å². The van der Waals surface area contributed by atoms with Crippen LogP contribution in [0.5, 0.6) is 0 Å². The predicted octanol–water partition coefficient (Wildman–Crippen LogP) is 3.67. The topological polar surface area (TPSA) is 29.9 Å². The second kappa shape index (κ2) is 5.19. The zero-order valence-electron chi connectivity index (χ0n) is 11.5. The van der Waals surface area contributed by atoms with Gasteiger partial charge in [0.2, 0.25) is 0 Å². The van der Waals surface area contributed by atoms with Crippen molar-refractivity contribution in [2.45, 2.75) is 26.6 Å². The number of nitrogens with zero attached hydrogens (tertiary/aromatic N) is 2. The maximum Gasteiger partial charge on any atom is 0.416 e. The third-order valence-electron chi connectivity index (χ3n) is 3.15. The Bertz CT molecular complexity index is 615. The Kier molecular flexibility index (Phi) is 3.74. The molecule has 0 fully saturated rings. The molecule has 20 heavy (non-hydrogen) atoms. The van der Waals surface area contributed by atoms with Crippen LogP contribution in [0.25, 0.3) is 0 Å². The molecule has 0 unspecified atom stereocenters. The summed E-state index contributed by atoms with van der Waals surface area (Å²) in [5.74, 6) is 0. The Morgan fingerprint density at radius 1 is 1.25 bits per heavy atom. The third kappa shape index (κ3) is 3.12. The summed E-state index contributed by atoms with van der Waals surface area (Å²) in [4.78, 5) is 0. The lowest BCUT2D eigenvalue weighted by molar-refractivity contribution is -0.137. The number of benzene rings is 1. The van der Waals surface area contributed by atoms with Gasteiger partial charge in [-0.1, -0.05) is 6.07 Å². The van der Waals surface area contributed by atoms with Crippen LogP contribution in [0.4, 0.5) is 18.9 Å². The van der Waals surface area contributed by atoms with Gasteiger partial charge < -0.3 is 5.32 Å². The first kappa shape index (κ1) is 14.4. The zero-order valence-corrected chi connectivity index (χ0v) is 11.5. The normalized spacial score (nSPS) is 11.7. The van der Waals surface area contributed by atoms with Crippen LogP contribution in [-0.4, -0.2) is 9.78 Å². The fourth-order valence-corrected chi connectivity index (χ4v) is 2.00. The largest absolute Gasteiger partial charge is 0.416 e. The van der Waals surface area contributed by atoms with Crippen molar-refractivity contribution in [3.63, 3.8) is 0 Å². The lowest BCUT2D eigenvalue weighted by atomic mass is 10.1. The number of nitrogens with one attached hydrogen (secondary N) is 1. The van der Waals surface area contributed by atoms with Crippen molar-refractivity contribution in [1.82, 2.24) is 9.78 Å². The van der Waals surface area contributed by atoms with E-state index >= 15 is 0 Å². The van der Waals surface area contributed by atoms with Crippen LogP contribution in [0.15, 0.2) is 24.4 Å². The Hall–Kier alpha value is -1.98. The maximum atomic E-state index is 12.7. The highest BCUT2D eigenvalue weighted by molar-refractivity contribution is 5.53. The van der Waals surface area contributed by atoms with Crippen LogP contribution in [-0.2, 0) is 19.8 Å². The fraction of sp³-hybridized carbons (Fsp3) is 0.357. The molecule has 0 saturated carbocycles. The lowest BCUT2D eigenvalue weighted by Gasteiger charge is -2.13. The predicted molar refractivity (Wildman–Crippen MR) is 71.5 cm³/mol. The van der Waals surface area contributed by atoms with Gasteiger partial charge in [0.05, 0.1) is 11.3 Å². The van der Waals surface area contributed by atoms with Crippen molar-refractivity contribution >= 4 is 5.69 Å². The quantitative estimate of drug-likeness (QED) is 0.931. The highest BCUT2D eigenvalue weighted by atomic mass is 19.4. The van der Waals surface area contributed by atoms with Crippen LogP contribution in [0.1, 0.15) is 22.4 Å². The summed E-state index contributed by atoms with van der Waals surface area (Å²) in [6.07, 6.45) is -2.47. The van der Waals surface area contributed by atoms with Crippen LogP contribution in [0.2, 0.25) is 0 Å². The molecule has 0 spiro atoms. The summed E-state index contributed by atoms with van der Waals surface area (Å²) in [6, 6.07) is 3.71. The number of anilines is 1. The van der Waals surface area contributed by atoms with Crippen molar-refractivity contribution in [3.05, 3.63) is 46.8 Å². The van der Waals surface area contributed by atoms with E-state index in [1.807, 2.05) is 20.2 Å². The van der Waals surface area contributed by atoms with E-state index < -0.39 is 11.7 Å². The molecule has 6 heteroatoms. The molecule has 2 aromatic rings. The van der Waals surface area contributed by atoms with Gasteiger partial charge in [0, 0.05) is 31.0 Å². The lowest BCUT2D eigenvalue weighted by Crippen LogP contribution is -2.07. The first-order chi connectivity index (χ1) is 9.27.